The molecule has 0 saturated carbocycles. The number of ether oxygens (including phenoxy) is 2. The molecule has 9 nitrogen and oxygen atoms in total. The summed E-state index contributed by atoms with van der Waals surface area (Å²) in [6, 6.07) is 40.0. The zero-order chi connectivity index (χ0) is 35.4. The Bertz CT molecular complexity index is 2240. The Hall–Kier alpha value is -5.04. The number of fused-ring (bicyclic) bond motifs is 1. The molecule has 5 aromatic carbocycles. The summed E-state index contributed by atoms with van der Waals surface area (Å²) in [5.74, 6) is -0.717. The number of aliphatic hydroxyl groups is 1. The van der Waals surface area contributed by atoms with Crippen molar-refractivity contribution in [1.82, 2.24) is 4.98 Å². The summed E-state index contributed by atoms with van der Waals surface area (Å²) >= 11 is 1.55. The van der Waals surface area contributed by atoms with Gasteiger partial charge in [-0.25, -0.2) is 13.2 Å². The minimum Gasteiger partial charge on any atom is -0.478 e. The van der Waals surface area contributed by atoms with Crippen LogP contribution in [-0.2, 0) is 26.1 Å². The Kier molecular flexibility index (Phi) is 10.2. The molecular formula is C40H34N2O7S2. The molecule has 0 spiro atoms. The van der Waals surface area contributed by atoms with Gasteiger partial charge in [0.25, 0.3) is 10.0 Å². The molecule has 0 radical (unpaired) electrons. The Morgan fingerprint density at radius 3 is 2.25 bits per heavy atom. The van der Waals surface area contributed by atoms with E-state index in [0.717, 1.165) is 21.6 Å². The molecule has 4 unspecified atom stereocenters. The van der Waals surface area contributed by atoms with Crippen LogP contribution in [0.3, 0.4) is 0 Å². The van der Waals surface area contributed by atoms with Gasteiger partial charge in [-0.2, -0.15) is 0 Å². The summed E-state index contributed by atoms with van der Waals surface area (Å²) in [5, 5.41) is 19.8. The van der Waals surface area contributed by atoms with E-state index in [1.54, 1.807) is 72.6 Å². The SMILES string of the molecule is O=C(O)c1ccc(SCC2OC(c3cccc(NS(=O)(=O)c4cccc5cccnc45)c3)OC(c3ccc(CO)cc3)C2c2ccccc2)cc1. The third-order valence-electron chi connectivity index (χ3n) is 8.78. The maximum atomic E-state index is 13.7. The fourth-order valence-corrected chi connectivity index (χ4v) is 8.48. The predicted octanol–water partition coefficient (Wildman–Crippen LogP) is 7.96. The first-order valence-electron chi connectivity index (χ1n) is 16.3. The number of aromatic nitrogens is 1. The second-order valence-electron chi connectivity index (χ2n) is 12.1. The maximum Gasteiger partial charge on any atom is 0.335 e. The molecule has 11 heteroatoms. The minimum absolute atomic E-state index is 0.0711. The zero-order valence-corrected chi connectivity index (χ0v) is 28.8. The van der Waals surface area contributed by atoms with Crippen LogP contribution in [0.25, 0.3) is 10.9 Å². The Balaban J connectivity index is 1.23. The molecule has 0 aliphatic carbocycles. The highest BCUT2D eigenvalue weighted by Crippen LogP contribution is 2.48. The van der Waals surface area contributed by atoms with Crippen molar-refractivity contribution in [3.63, 3.8) is 0 Å². The lowest BCUT2D eigenvalue weighted by atomic mass is 9.84. The number of aromatic carboxylic acids is 1. The molecule has 258 valence electrons. The van der Waals surface area contributed by atoms with Crippen molar-refractivity contribution in [1.29, 1.82) is 0 Å². The smallest absolute Gasteiger partial charge is 0.335 e. The van der Waals surface area contributed by atoms with E-state index in [4.69, 9.17) is 9.47 Å². The number of anilines is 1. The number of thioether (sulfide) groups is 1. The van der Waals surface area contributed by atoms with Crippen LogP contribution in [0.5, 0.6) is 0 Å². The molecule has 1 aliphatic rings. The maximum absolute atomic E-state index is 13.7. The Labute approximate surface area is 300 Å². The third-order valence-corrected chi connectivity index (χ3v) is 11.3. The van der Waals surface area contributed by atoms with Crippen LogP contribution in [0, 0.1) is 0 Å². The van der Waals surface area contributed by atoms with Gasteiger partial charge in [0.15, 0.2) is 6.29 Å². The van der Waals surface area contributed by atoms with Crippen LogP contribution < -0.4 is 4.72 Å². The summed E-state index contributed by atoms with van der Waals surface area (Å²) in [6.45, 7) is -0.0862. The van der Waals surface area contributed by atoms with Crippen LogP contribution >= 0.6 is 11.8 Å². The first kappa shape index (κ1) is 34.4. The molecule has 0 bridgehead atoms. The zero-order valence-electron chi connectivity index (χ0n) is 27.2. The van der Waals surface area contributed by atoms with Crippen molar-refractivity contribution >= 4 is 44.3 Å². The van der Waals surface area contributed by atoms with E-state index < -0.39 is 28.4 Å². The lowest BCUT2D eigenvalue weighted by Gasteiger charge is -2.43. The van der Waals surface area contributed by atoms with Gasteiger partial charge in [-0.05, 0) is 65.2 Å². The normalized spacial score (nSPS) is 19.1. The third kappa shape index (κ3) is 7.68. The second-order valence-corrected chi connectivity index (χ2v) is 14.8. The molecule has 7 rings (SSSR count). The van der Waals surface area contributed by atoms with Crippen molar-refractivity contribution in [3.05, 3.63) is 167 Å². The minimum atomic E-state index is -4.01. The van der Waals surface area contributed by atoms with Crippen molar-refractivity contribution < 1.29 is 32.9 Å². The van der Waals surface area contributed by atoms with E-state index in [9.17, 15) is 23.4 Å². The summed E-state index contributed by atoms with van der Waals surface area (Å²) < 4.78 is 43.6. The van der Waals surface area contributed by atoms with Crippen molar-refractivity contribution in [2.45, 2.75) is 40.8 Å². The van der Waals surface area contributed by atoms with E-state index in [1.165, 1.54) is 6.07 Å². The van der Waals surface area contributed by atoms with Crippen LogP contribution in [0.2, 0.25) is 0 Å². The van der Waals surface area contributed by atoms with Gasteiger partial charge in [0.2, 0.25) is 0 Å². The van der Waals surface area contributed by atoms with E-state index in [0.29, 0.717) is 27.9 Å². The van der Waals surface area contributed by atoms with E-state index in [-0.39, 0.29) is 29.1 Å². The largest absolute Gasteiger partial charge is 0.478 e. The number of aliphatic hydroxyl groups excluding tert-OH is 1. The van der Waals surface area contributed by atoms with Crippen LogP contribution in [0.4, 0.5) is 5.69 Å². The number of pyridine rings is 1. The van der Waals surface area contributed by atoms with Gasteiger partial charge in [-0.3, -0.25) is 9.71 Å². The van der Waals surface area contributed by atoms with Gasteiger partial charge < -0.3 is 19.7 Å². The van der Waals surface area contributed by atoms with Crippen LogP contribution in [-0.4, -0.2) is 41.4 Å². The molecule has 3 N–H and O–H groups in total. The average molecular weight is 719 g/mol. The number of para-hydroxylation sites is 1. The van der Waals surface area contributed by atoms with E-state index >= 15 is 0 Å². The lowest BCUT2D eigenvalue weighted by molar-refractivity contribution is -0.255. The highest BCUT2D eigenvalue weighted by molar-refractivity contribution is 7.99. The number of benzene rings is 5. The number of carboxylic acid groups (broad SMARTS) is 1. The molecule has 1 fully saturated rings. The van der Waals surface area contributed by atoms with Gasteiger partial charge in [0.05, 0.1) is 29.9 Å². The number of carbonyl (C=O) groups is 1. The molecule has 51 heavy (non-hydrogen) atoms. The van der Waals surface area contributed by atoms with E-state index in [1.807, 2.05) is 72.8 Å². The van der Waals surface area contributed by atoms with Crippen molar-refractivity contribution in [3.8, 4) is 0 Å². The molecule has 1 aliphatic heterocycles. The Morgan fingerprint density at radius 1 is 0.784 bits per heavy atom. The van der Waals surface area contributed by atoms with E-state index in [2.05, 4.69) is 9.71 Å². The van der Waals surface area contributed by atoms with Crippen LogP contribution in [0.1, 0.15) is 50.9 Å². The van der Waals surface area contributed by atoms with Gasteiger partial charge in [-0.1, -0.05) is 84.9 Å². The molecule has 6 aromatic rings. The monoisotopic (exact) mass is 718 g/mol. The fourth-order valence-electron chi connectivity index (χ4n) is 6.28. The quantitative estimate of drug-likeness (QED) is 0.114. The summed E-state index contributed by atoms with van der Waals surface area (Å²) in [5.41, 5.74) is 4.24. The van der Waals surface area contributed by atoms with Crippen LogP contribution in [0.15, 0.2) is 149 Å². The predicted molar refractivity (Wildman–Crippen MR) is 196 cm³/mol. The molecular weight excluding hydrogens is 685 g/mol. The second kappa shape index (κ2) is 15.1. The average Bonchev–Trinajstić information content (AvgIpc) is 3.17. The number of rotatable bonds is 11. The van der Waals surface area contributed by atoms with Crippen molar-refractivity contribution in [2.75, 3.05) is 10.5 Å². The molecule has 2 heterocycles. The number of hydrogen-bond acceptors (Lipinski definition) is 8. The topological polar surface area (TPSA) is 135 Å². The number of nitrogens with one attached hydrogen (secondary N) is 1. The van der Waals surface area contributed by atoms with Gasteiger partial charge in [-0.15, -0.1) is 11.8 Å². The highest BCUT2D eigenvalue weighted by Gasteiger charge is 2.42. The fraction of sp³-hybridized carbons (Fsp3) is 0.150. The summed E-state index contributed by atoms with van der Waals surface area (Å²) in [6.07, 6.45) is -0.159. The molecule has 4 atom stereocenters. The van der Waals surface area contributed by atoms with Gasteiger partial charge in [0.1, 0.15) is 4.90 Å². The standard InChI is InChI=1S/C40H34N2O7S2/c43-24-26-14-16-29(17-15-26)38-36(27-7-2-1-3-8-27)34(25-50-33-20-18-30(19-21-33)39(44)45)48-40(49-38)31-10-4-12-32(23-31)42-51(46,47)35-13-5-9-28-11-6-22-41-37(28)35/h1-23,34,36,38,40,42-43H,24-25H2,(H,44,45). The first-order chi connectivity index (χ1) is 24.8. The number of sulfonamides is 1. The van der Waals surface area contributed by atoms with Crippen molar-refractivity contribution in [2.24, 2.45) is 0 Å². The Morgan fingerprint density at radius 2 is 1.51 bits per heavy atom. The first-order valence-corrected chi connectivity index (χ1v) is 18.7. The van der Waals surface area contributed by atoms with Gasteiger partial charge >= 0.3 is 5.97 Å². The molecule has 0 amide bonds. The molecule has 1 aromatic heterocycles. The number of carboxylic acids is 1. The summed E-state index contributed by atoms with van der Waals surface area (Å²) in [7, 11) is -4.01. The summed E-state index contributed by atoms with van der Waals surface area (Å²) in [4.78, 5) is 16.7. The number of hydrogen-bond donors (Lipinski definition) is 3. The lowest BCUT2D eigenvalue weighted by Crippen LogP contribution is -2.38. The molecule has 1 saturated heterocycles. The highest BCUT2D eigenvalue weighted by atomic mass is 32.2. The van der Waals surface area contributed by atoms with Gasteiger partial charge in [0, 0.05) is 39.4 Å². The number of nitrogens with zero attached hydrogens (tertiary/aromatic N) is 1.